The quantitative estimate of drug-likeness (QED) is 0.129. The Morgan fingerprint density at radius 1 is 0.765 bits per heavy atom. The van der Waals surface area contributed by atoms with E-state index < -0.39 is 30.6 Å². The van der Waals surface area contributed by atoms with Gasteiger partial charge in [-0.1, -0.05) is 84.0 Å². The standard InChI is InChI=1S/C26H51N3O5/c1-3-4-5-6-7-8-9-10-11-12-13-14-15-19-24(31)28-22(18-16-17-20-27)25(32)29-23(21-30)26(33)34-2/h22-23,30H,3-21,27H2,1-2H3,(H,28,31)(H,29,32)/t22-,23-/m0/s1. The van der Waals surface area contributed by atoms with E-state index in [2.05, 4.69) is 22.3 Å². The molecule has 0 fully saturated rings. The first-order valence-corrected chi connectivity index (χ1v) is 13.5. The molecule has 0 aromatic rings. The maximum Gasteiger partial charge on any atom is 0.330 e. The van der Waals surface area contributed by atoms with Gasteiger partial charge < -0.3 is 26.2 Å². The summed E-state index contributed by atoms with van der Waals surface area (Å²) in [5.41, 5.74) is 5.53. The van der Waals surface area contributed by atoms with Crippen LogP contribution in [0.2, 0.25) is 0 Å². The molecule has 0 aromatic carbocycles. The molecule has 0 aliphatic rings. The van der Waals surface area contributed by atoms with Gasteiger partial charge in [0.05, 0.1) is 13.7 Å². The molecule has 5 N–H and O–H groups in total. The van der Waals surface area contributed by atoms with Crippen molar-refractivity contribution in [3.05, 3.63) is 0 Å². The van der Waals surface area contributed by atoms with Gasteiger partial charge in [0, 0.05) is 6.42 Å². The highest BCUT2D eigenvalue weighted by Gasteiger charge is 2.26. The van der Waals surface area contributed by atoms with Gasteiger partial charge >= 0.3 is 5.97 Å². The third-order valence-electron chi connectivity index (χ3n) is 6.09. The minimum Gasteiger partial charge on any atom is -0.467 e. The van der Waals surface area contributed by atoms with E-state index in [-0.39, 0.29) is 5.91 Å². The van der Waals surface area contributed by atoms with Crippen molar-refractivity contribution in [3.63, 3.8) is 0 Å². The molecule has 0 bridgehead atoms. The summed E-state index contributed by atoms with van der Waals surface area (Å²) in [5, 5.41) is 14.6. The smallest absolute Gasteiger partial charge is 0.330 e. The fourth-order valence-electron chi connectivity index (χ4n) is 3.93. The molecule has 8 nitrogen and oxygen atoms in total. The Morgan fingerprint density at radius 2 is 1.29 bits per heavy atom. The number of nitrogens with one attached hydrogen (secondary N) is 2. The molecule has 34 heavy (non-hydrogen) atoms. The number of methoxy groups -OCH3 is 1. The summed E-state index contributed by atoms with van der Waals surface area (Å²) in [4.78, 5) is 36.6. The lowest BCUT2D eigenvalue weighted by Gasteiger charge is -2.21. The van der Waals surface area contributed by atoms with Crippen LogP contribution in [0.1, 0.15) is 116 Å². The van der Waals surface area contributed by atoms with Gasteiger partial charge in [-0.25, -0.2) is 4.79 Å². The van der Waals surface area contributed by atoms with Gasteiger partial charge in [-0.15, -0.1) is 0 Å². The van der Waals surface area contributed by atoms with Crippen molar-refractivity contribution >= 4 is 17.8 Å². The maximum absolute atomic E-state index is 12.6. The summed E-state index contributed by atoms with van der Waals surface area (Å²) >= 11 is 0. The van der Waals surface area contributed by atoms with Crippen molar-refractivity contribution in [1.29, 1.82) is 0 Å². The molecule has 0 aliphatic carbocycles. The van der Waals surface area contributed by atoms with Crippen LogP contribution in [-0.4, -0.2) is 55.2 Å². The van der Waals surface area contributed by atoms with Gasteiger partial charge in [-0.3, -0.25) is 9.59 Å². The second-order valence-electron chi connectivity index (χ2n) is 9.16. The van der Waals surface area contributed by atoms with Crippen LogP contribution in [0.5, 0.6) is 0 Å². The monoisotopic (exact) mass is 485 g/mol. The number of carbonyl (C=O) groups excluding carboxylic acids is 3. The highest BCUT2D eigenvalue weighted by molar-refractivity contribution is 5.90. The summed E-state index contributed by atoms with van der Waals surface area (Å²) in [7, 11) is 1.19. The molecule has 0 heterocycles. The van der Waals surface area contributed by atoms with Crippen LogP contribution in [-0.2, 0) is 19.1 Å². The predicted molar refractivity (Wildman–Crippen MR) is 136 cm³/mol. The van der Waals surface area contributed by atoms with E-state index in [0.717, 1.165) is 25.7 Å². The molecule has 0 saturated heterocycles. The van der Waals surface area contributed by atoms with E-state index in [1.54, 1.807) is 0 Å². The highest BCUT2D eigenvalue weighted by Crippen LogP contribution is 2.13. The molecule has 0 unspecified atom stereocenters. The molecule has 8 heteroatoms. The zero-order valence-electron chi connectivity index (χ0n) is 21.7. The van der Waals surface area contributed by atoms with Gasteiger partial charge in [0.25, 0.3) is 0 Å². The fraction of sp³-hybridized carbons (Fsp3) is 0.885. The Balaban J connectivity index is 4.10. The molecule has 0 rings (SSSR count). The van der Waals surface area contributed by atoms with Crippen molar-refractivity contribution in [1.82, 2.24) is 10.6 Å². The number of aliphatic hydroxyl groups is 1. The number of amides is 2. The first-order chi connectivity index (χ1) is 16.5. The van der Waals surface area contributed by atoms with Crippen molar-refractivity contribution in [3.8, 4) is 0 Å². The summed E-state index contributed by atoms with van der Waals surface area (Å²) in [6.07, 6.45) is 18.4. The number of ether oxygens (including phenoxy) is 1. The second kappa shape index (κ2) is 23.1. The first kappa shape index (κ1) is 32.3. The predicted octanol–water partition coefficient (Wildman–Crippen LogP) is 3.73. The van der Waals surface area contributed by atoms with Gasteiger partial charge in [-0.05, 0) is 32.2 Å². The Bertz CT molecular complexity index is 531. The van der Waals surface area contributed by atoms with Gasteiger partial charge in [-0.2, -0.15) is 0 Å². The normalized spacial score (nSPS) is 12.7. The molecule has 0 aliphatic heterocycles. The molecule has 200 valence electrons. The Labute approximate surface area is 207 Å². The van der Waals surface area contributed by atoms with Gasteiger partial charge in [0.2, 0.25) is 11.8 Å². The van der Waals surface area contributed by atoms with E-state index in [9.17, 15) is 19.5 Å². The Morgan fingerprint density at radius 3 is 1.76 bits per heavy atom. The molecule has 0 aromatic heterocycles. The largest absolute Gasteiger partial charge is 0.467 e. The number of hydrogen-bond acceptors (Lipinski definition) is 6. The minimum atomic E-state index is -1.15. The highest BCUT2D eigenvalue weighted by atomic mass is 16.5. The summed E-state index contributed by atoms with van der Waals surface area (Å²) in [5.74, 6) is -1.40. The molecular weight excluding hydrogens is 434 g/mol. The first-order valence-electron chi connectivity index (χ1n) is 13.5. The van der Waals surface area contributed by atoms with Crippen LogP contribution in [0.4, 0.5) is 0 Å². The van der Waals surface area contributed by atoms with Crippen LogP contribution in [0.15, 0.2) is 0 Å². The second-order valence-corrected chi connectivity index (χ2v) is 9.16. The van der Waals surface area contributed by atoms with E-state index in [1.165, 1.54) is 71.3 Å². The Kier molecular flexibility index (Phi) is 22.0. The number of hydrogen-bond donors (Lipinski definition) is 4. The number of rotatable bonds is 23. The third-order valence-corrected chi connectivity index (χ3v) is 6.09. The van der Waals surface area contributed by atoms with E-state index in [4.69, 9.17) is 5.73 Å². The molecule has 0 radical (unpaired) electrons. The lowest BCUT2D eigenvalue weighted by Crippen LogP contribution is -2.53. The number of aliphatic hydroxyl groups excluding tert-OH is 1. The molecule has 2 amide bonds. The van der Waals surface area contributed by atoms with Crippen LogP contribution in [0.25, 0.3) is 0 Å². The van der Waals surface area contributed by atoms with E-state index in [1.807, 2.05) is 0 Å². The Hall–Kier alpha value is -1.67. The number of esters is 1. The van der Waals surface area contributed by atoms with Crippen LogP contribution in [0, 0.1) is 0 Å². The van der Waals surface area contributed by atoms with Gasteiger partial charge in [0.1, 0.15) is 6.04 Å². The van der Waals surface area contributed by atoms with Crippen molar-refractivity contribution in [2.45, 2.75) is 128 Å². The van der Waals surface area contributed by atoms with Crippen LogP contribution < -0.4 is 16.4 Å². The lowest BCUT2D eigenvalue weighted by atomic mass is 10.0. The number of nitrogens with two attached hydrogens (primary N) is 1. The van der Waals surface area contributed by atoms with Crippen LogP contribution in [0.3, 0.4) is 0 Å². The number of carbonyl (C=O) groups is 3. The minimum absolute atomic E-state index is 0.172. The lowest BCUT2D eigenvalue weighted by molar-refractivity contribution is -0.146. The zero-order valence-corrected chi connectivity index (χ0v) is 21.7. The molecule has 0 spiro atoms. The van der Waals surface area contributed by atoms with Crippen LogP contribution >= 0.6 is 0 Å². The van der Waals surface area contributed by atoms with Crippen molar-refractivity contribution in [2.75, 3.05) is 20.3 Å². The summed E-state index contributed by atoms with van der Waals surface area (Å²) in [6.45, 7) is 2.18. The average Bonchev–Trinajstić information content (AvgIpc) is 2.84. The molecule has 2 atom stereocenters. The van der Waals surface area contributed by atoms with E-state index in [0.29, 0.717) is 25.8 Å². The van der Waals surface area contributed by atoms with Gasteiger partial charge in [0.15, 0.2) is 6.04 Å². The number of unbranched alkanes of at least 4 members (excludes halogenated alkanes) is 13. The maximum atomic E-state index is 12.6. The van der Waals surface area contributed by atoms with E-state index >= 15 is 0 Å². The average molecular weight is 486 g/mol. The zero-order chi connectivity index (χ0) is 25.4. The SMILES string of the molecule is CCCCCCCCCCCCCCCC(=O)N[C@@H](CCCCN)C(=O)N[C@@H](CO)C(=O)OC. The summed E-state index contributed by atoms with van der Waals surface area (Å²) in [6, 6.07) is -1.91. The molecular formula is C26H51N3O5. The summed E-state index contributed by atoms with van der Waals surface area (Å²) < 4.78 is 4.58. The third kappa shape index (κ3) is 17.8. The molecule has 0 saturated carbocycles. The fourth-order valence-corrected chi connectivity index (χ4v) is 3.93. The van der Waals surface area contributed by atoms with Crippen molar-refractivity contribution in [2.24, 2.45) is 5.73 Å². The topological polar surface area (TPSA) is 131 Å². The van der Waals surface area contributed by atoms with Crippen molar-refractivity contribution < 1.29 is 24.2 Å².